The number of nitrogens with one attached hydrogen (secondary N) is 1. The Morgan fingerprint density at radius 2 is 2.33 bits per heavy atom. The van der Waals surface area contributed by atoms with Crippen molar-refractivity contribution in [3.8, 4) is 0 Å². The smallest absolute Gasteiger partial charge is 0.104 e. The van der Waals surface area contributed by atoms with Crippen LogP contribution in [0, 0.1) is 0 Å². The van der Waals surface area contributed by atoms with Crippen molar-refractivity contribution in [1.29, 1.82) is 0 Å². The molecule has 1 aromatic heterocycles. The topological polar surface area (TPSA) is 32.9 Å². The molecule has 0 saturated carbocycles. The average molecular weight is 185 g/mol. The molecule has 12 heavy (non-hydrogen) atoms. The van der Waals surface area contributed by atoms with E-state index in [-0.39, 0.29) is 0 Å². The average Bonchev–Trinajstić information content (AvgIpc) is 2.56. The molecular formula is C9H15NOS. The molecule has 0 spiro atoms. The van der Waals surface area contributed by atoms with Crippen LogP contribution in [0.1, 0.15) is 26.2 Å². The minimum absolute atomic E-state index is 0.786. The van der Waals surface area contributed by atoms with Gasteiger partial charge >= 0.3 is 0 Å². The molecule has 0 radical (unpaired) electrons. The van der Waals surface area contributed by atoms with Gasteiger partial charge in [0.1, 0.15) is 5.03 Å². The third-order valence-electron chi connectivity index (χ3n) is 1.75. The van der Waals surface area contributed by atoms with Crippen LogP contribution in [0.15, 0.2) is 23.4 Å². The lowest BCUT2D eigenvalue weighted by Crippen LogP contribution is -1.97. The molecule has 1 heterocycles. The molecule has 0 fully saturated rings. The van der Waals surface area contributed by atoms with E-state index in [0.717, 1.165) is 17.2 Å². The van der Waals surface area contributed by atoms with E-state index in [0.29, 0.717) is 0 Å². The third-order valence-corrected chi connectivity index (χ3v) is 3.15. The zero-order valence-corrected chi connectivity index (χ0v) is 8.19. The minimum Gasteiger partial charge on any atom is -0.354 e. The summed E-state index contributed by atoms with van der Waals surface area (Å²) in [5.74, 6) is 0.786. The Balaban J connectivity index is 2.30. The summed E-state index contributed by atoms with van der Waals surface area (Å²) in [4.78, 5) is 2.96. The zero-order valence-electron chi connectivity index (χ0n) is 7.38. The monoisotopic (exact) mass is 185 g/mol. The third kappa shape index (κ3) is 2.81. The molecule has 1 aromatic rings. The number of H-pyrrole nitrogens is 1. The van der Waals surface area contributed by atoms with Crippen LogP contribution in [0.25, 0.3) is 0 Å². The molecule has 1 rings (SSSR count). The zero-order chi connectivity index (χ0) is 8.81. The van der Waals surface area contributed by atoms with Crippen molar-refractivity contribution in [3.05, 3.63) is 18.3 Å². The molecule has 0 aliphatic rings. The highest BCUT2D eigenvalue weighted by Gasteiger charge is 2.02. The van der Waals surface area contributed by atoms with Crippen molar-refractivity contribution in [3.63, 3.8) is 0 Å². The molecular weight excluding hydrogens is 170 g/mol. The lowest BCUT2D eigenvalue weighted by Gasteiger charge is -1.97. The fourth-order valence-electron chi connectivity index (χ4n) is 1.05. The van der Waals surface area contributed by atoms with Crippen LogP contribution in [0.3, 0.4) is 0 Å². The quantitative estimate of drug-likeness (QED) is 0.701. The fraction of sp³-hybridized carbons (Fsp3) is 0.556. The lowest BCUT2D eigenvalue weighted by atomic mass is 10.3. The SMILES string of the molecule is CCCCCS(=O)c1ccc[nH]1. The largest absolute Gasteiger partial charge is 0.354 e. The van der Waals surface area contributed by atoms with Crippen molar-refractivity contribution in [1.82, 2.24) is 4.98 Å². The van der Waals surface area contributed by atoms with E-state index < -0.39 is 10.8 Å². The highest BCUT2D eigenvalue weighted by Crippen LogP contribution is 2.05. The molecule has 1 N–H and O–H groups in total. The summed E-state index contributed by atoms with van der Waals surface area (Å²) in [6.07, 6.45) is 5.23. The van der Waals surface area contributed by atoms with Gasteiger partial charge in [0.15, 0.2) is 0 Å². The lowest BCUT2D eigenvalue weighted by molar-refractivity contribution is 0.674. The van der Waals surface area contributed by atoms with Gasteiger partial charge in [0, 0.05) is 11.9 Å². The van der Waals surface area contributed by atoms with Gasteiger partial charge in [-0.2, -0.15) is 0 Å². The Kier molecular flexibility index (Phi) is 4.08. The second-order valence-corrected chi connectivity index (χ2v) is 4.33. The van der Waals surface area contributed by atoms with Crippen molar-refractivity contribution in [2.75, 3.05) is 5.75 Å². The fourth-order valence-corrected chi connectivity index (χ4v) is 2.16. The van der Waals surface area contributed by atoms with Crippen LogP contribution in [0.4, 0.5) is 0 Å². The van der Waals surface area contributed by atoms with Crippen molar-refractivity contribution >= 4 is 10.8 Å². The molecule has 68 valence electrons. The Bertz CT molecular complexity index is 231. The number of rotatable bonds is 5. The van der Waals surface area contributed by atoms with Crippen LogP contribution in [0.2, 0.25) is 0 Å². The van der Waals surface area contributed by atoms with Gasteiger partial charge in [-0.25, -0.2) is 0 Å². The van der Waals surface area contributed by atoms with Gasteiger partial charge in [0.05, 0.1) is 10.8 Å². The van der Waals surface area contributed by atoms with E-state index in [1.54, 1.807) is 0 Å². The number of aromatic amines is 1. The molecule has 0 aliphatic carbocycles. The summed E-state index contributed by atoms with van der Waals surface area (Å²) in [6.45, 7) is 2.15. The molecule has 0 amide bonds. The Morgan fingerprint density at radius 1 is 1.50 bits per heavy atom. The van der Waals surface area contributed by atoms with Crippen LogP contribution in [-0.2, 0) is 10.8 Å². The summed E-state index contributed by atoms with van der Waals surface area (Å²) >= 11 is 0. The highest BCUT2D eigenvalue weighted by atomic mass is 32.2. The van der Waals surface area contributed by atoms with Crippen LogP contribution < -0.4 is 0 Å². The normalized spacial score (nSPS) is 13.1. The van der Waals surface area contributed by atoms with Gasteiger partial charge < -0.3 is 4.98 Å². The maximum atomic E-state index is 11.5. The van der Waals surface area contributed by atoms with E-state index in [4.69, 9.17) is 0 Å². The van der Waals surface area contributed by atoms with Crippen molar-refractivity contribution < 1.29 is 4.21 Å². The Hall–Kier alpha value is -0.570. The minimum atomic E-state index is -0.809. The summed E-state index contributed by atoms with van der Waals surface area (Å²) in [7, 11) is -0.809. The predicted molar refractivity (Wildman–Crippen MR) is 51.6 cm³/mol. The first-order valence-corrected chi connectivity index (χ1v) is 5.68. The Morgan fingerprint density at radius 3 is 2.92 bits per heavy atom. The Labute approximate surface area is 75.8 Å². The second-order valence-electron chi connectivity index (χ2n) is 2.79. The van der Waals surface area contributed by atoms with Gasteiger partial charge in [-0.15, -0.1) is 0 Å². The molecule has 0 aliphatic heterocycles. The van der Waals surface area contributed by atoms with E-state index >= 15 is 0 Å². The molecule has 3 heteroatoms. The number of aromatic nitrogens is 1. The maximum absolute atomic E-state index is 11.5. The van der Waals surface area contributed by atoms with Gasteiger partial charge in [-0.3, -0.25) is 4.21 Å². The molecule has 0 bridgehead atoms. The number of hydrogen-bond donors (Lipinski definition) is 1. The van der Waals surface area contributed by atoms with Gasteiger partial charge in [-0.05, 0) is 18.6 Å². The first kappa shape index (κ1) is 9.52. The summed E-state index contributed by atoms with van der Waals surface area (Å²) < 4.78 is 11.5. The van der Waals surface area contributed by atoms with Crippen molar-refractivity contribution in [2.24, 2.45) is 0 Å². The molecule has 1 unspecified atom stereocenters. The summed E-state index contributed by atoms with van der Waals surface area (Å²) in [5, 5.41) is 0.853. The molecule has 0 saturated heterocycles. The van der Waals surface area contributed by atoms with E-state index in [2.05, 4.69) is 11.9 Å². The standard InChI is InChI=1S/C9H15NOS/c1-2-3-4-8-12(11)9-6-5-7-10-9/h5-7,10H,2-4,8H2,1H3. The number of unbranched alkanes of at least 4 members (excludes halogenated alkanes) is 2. The molecule has 2 nitrogen and oxygen atoms in total. The first-order chi connectivity index (χ1) is 5.84. The molecule has 0 aromatic carbocycles. The van der Waals surface area contributed by atoms with Crippen molar-refractivity contribution in [2.45, 2.75) is 31.2 Å². The van der Waals surface area contributed by atoms with E-state index in [1.807, 2.05) is 18.3 Å². The van der Waals surface area contributed by atoms with E-state index in [1.165, 1.54) is 12.8 Å². The van der Waals surface area contributed by atoms with Crippen LogP contribution in [-0.4, -0.2) is 14.9 Å². The highest BCUT2D eigenvalue weighted by molar-refractivity contribution is 7.84. The summed E-state index contributed by atoms with van der Waals surface area (Å²) in [6, 6.07) is 3.76. The predicted octanol–water partition coefficient (Wildman–Crippen LogP) is 2.31. The van der Waals surface area contributed by atoms with Gasteiger partial charge in [0.2, 0.25) is 0 Å². The van der Waals surface area contributed by atoms with Crippen LogP contribution >= 0.6 is 0 Å². The van der Waals surface area contributed by atoms with E-state index in [9.17, 15) is 4.21 Å². The second kappa shape index (κ2) is 5.14. The van der Waals surface area contributed by atoms with Gasteiger partial charge in [0.25, 0.3) is 0 Å². The van der Waals surface area contributed by atoms with Gasteiger partial charge in [-0.1, -0.05) is 19.8 Å². The summed E-state index contributed by atoms with van der Waals surface area (Å²) in [5.41, 5.74) is 0. The first-order valence-electron chi connectivity index (χ1n) is 4.36. The maximum Gasteiger partial charge on any atom is 0.104 e. The van der Waals surface area contributed by atoms with Crippen LogP contribution in [0.5, 0.6) is 0 Å². The molecule has 1 atom stereocenters. The number of hydrogen-bond acceptors (Lipinski definition) is 1.